The van der Waals surface area contributed by atoms with E-state index < -0.39 is 0 Å². The topological polar surface area (TPSA) is 21.7 Å². The van der Waals surface area contributed by atoms with Crippen molar-refractivity contribution in [3.8, 4) is 0 Å². The molecule has 2 fully saturated rings. The van der Waals surface area contributed by atoms with E-state index in [4.69, 9.17) is 9.47 Å². The summed E-state index contributed by atoms with van der Waals surface area (Å²) in [6, 6.07) is 9.12. The standard InChI is InChI=1S/C18H26BrNO2/c19-16-5-3-4-15(14-16)8-11-22-18-7-2-1-6-17(18)20-9-12-21-13-10-20/h3-5,14,17-18H,1-2,6-13H2/t17?,18-/m0/s1. The number of benzene rings is 1. The van der Waals surface area contributed by atoms with Gasteiger partial charge in [0.2, 0.25) is 0 Å². The van der Waals surface area contributed by atoms with Crippen molar-refractivity contribution in [3.63, 3.8) is 0 Å². The fraction of sp³-hybridized carbons (Fsp3) is 0.667. The lowest BCUT2D eigenvalue weighted by molar-refractivity contribution is -0.0647. The molecule has 22 heavy (non-hydrogen) atoms. The van der Waals surface area contributed by atoms with E-state index in [2.05, 4.69) is 45.1 Å². The molecule has 2 aliphatic rings. The van der Waals surface area contributed by atoms with E-state index >= 15 is 0 Å². The van der Waals surface area contributed by atoms with Crippen molar-refractivity contribution in [1.29, 1.82) is 0 Å². The van der Waals surface area contributed by atoms with E-state index in [1.54, 1.807) is 0 Å². The van der Waals surface area contributed by atoms with Gasteiger partial charge < -0.3 is 9.47 Å². The summed E-state index contributed by atoms with van der Waals surface area (Å²) >= 11 is 3.53. The quantitative estimate of drug-likeness (QED) is 0.792. The Kier molecular flexibility index (Phi) is 6.30. The number of rotatable bonds is 5. The first-order valence-electron chi connectivity index (χ1n) is 8.51. The first kappa shape index (κ1) is 16.4. The highest BCUT2D eigenvalue weighted by Crippen LogP contribution is 2.26. The van der Waals surface area contributed by atoms with Gasteiger partial charge >= 0.3 is 0 Å². The lowest BCUT2D eigenvalue weighted by atomic mass is 9.91. The van der Waals surface area contributed by atoms with Crippen LogP contribution in [-0.4, -0.2) is 50.0 Å². The molecule has 3 rings (SSSR count). The minimum atomic E-state index is 0.402. The van der Waals surface area contributed by atoms with Gasteiger partial charge in [-0.05, 0) is 37.0 Å². The Balaban J connectivity index is 1.50. The molecule has 122 valence electrons. The number of halogens is 1. The summed E-state index contributed by atoms with van der Waals surface area (Å²) in [5, 5.41) is 0. The molecule has 1 saturated heterocycles. The summed E-state index contributed by atoms with van der Waals surface area (Å²) in [5.41, 5.74) is 1.34. The summed E-state index contributed by atoms with van der Waals surface area (Å²) in [6.45, 7) is 4.71. The van der Waals surface area contributed by atoms with Crippen molar-refractivity contribution < 1.29 is 9.47 Å². The molecular weight excluding hydrogens is 342 g/mol. The average molecular weight is 368 g/mol. The summed E-state index contributed by atoms with van der Waals surface area (Å²) in [7, 11) is 0. The molecule has 2 atom stereocenters. The van der Waals surface area contributed by atoms with Gasteiger partial charge in [0.15, 0.2) is 0 Å². The van der Waals surface area contributed by atoms with Crippen LogP contribution in [0.25, 0.3) is 0 Å². The highest BCUT2D eigenvalue weighted by molar-refractivity contribution is 9.10. The Bertz CT molecular complexity index is 462. The number of ether oxygens (including phenoxy) is 2. The van der Waals surface area contributed by atoms with Crippen molar-refractivity contribution in [2.45, 2.75) is 44.2 Å². The maximum absolute atomic E-state index is 6.29. The molecule has 0 spiro atoms. The van der Waals surface area contributed by atoms with Crippen molar-refractivity contribution in [3.05, 3.63) is 34.3 Å². The van der Waals surface area contributed by atoms with Crippen LogP contribution in [0.3, 0.4) is 0 Å². The van der Waals surface area contributed by atoms with E-state index in [0.717, 1.165) is 43.8 Å². The molecule has 1 heterocycles. The van der Waals surface area contributed by atoms with Gasteiger partial charge in [-0.1, -0.05) is 40.9 Å². The summed E-state index contributed by atoms with van der Waals surface area (Å²) in [5.74, 6) is 0. The molecule has 0 aromatic heterocycles. The number of hydrogen-bond acceptors (Lipinski definition) is 3. The molecule has 1 unspecified atom stereocenters. The molecule has 1 aliphatic carbocycles. The number of hydrogen-bond donors (Lipinski definition) is 0. The smallest absolute Gasteiger partial charge is 0.0730 e. The van der Waals surface area contributed by atoms with Gasteiger partial charge in [0.25, 0.3) is 0 Å². The maximum atomic E-state index is 6.29. The minimum absolute atomic E-state index is 0.402. The SMILES string of the molecule is Brc1cccc(CCO[C@H]2CCCCC2N2CCOCC2)c1. The Labute approximate surface area is 142 Å². The van der Waals surface area contributed by atoms with E-state index in [-0.39, 0.29) is 0 Å². The number of nitrogens with zero attached hydrogens (tertiary/aromatic N) is 1. The van der Waals surface area contributed by atoms with Crippen LogP contribution in [0, 0.1) is 0 Å². The van der Waals surface area contributed by atoms with Crippen LogP contribution in [0.4, 0.5) is 0 Å². The fourth-order valence-corrected chi connectivity index (χ4v) is 4.07. The molecule has 0 radical (unpaired) electrons. The van der Waals surface area contributed by atoms with Crippen LogP contribution >= 0.6 is 15.9 Å². The van der Waals surface area contributed by atoms with Gasteiger partial charge in [0.1, 0.15) is 0 Å². The molecule has 1 aromatic carbocycles. The second-order valence-electron chi connectivity index (χ2n) is 6.29. The molecule has 0 N–H and O–H groups in total. The van der Waals surface area contributed by atoms with Crippen LogP contribution in [0.15, 0.2) is 28.7 Å². The van der Waals surface area contributed by atoms with Crippen molar-refractivity contribution in [1.82, 2.24) is 4.90 Å². The molecule has 1 saturated carbocycles. The fourth-order valence-electron chi connectivity index (χ4n) is 3.62. The van der Waals surface area contributed by atoms with E-state index in [9.17, 15) is 0 Å². The Morgan fingerprint density at radius 1 is 1.18 bits per heavy atom. The Morgan fingerprint density at radius 3 is 2.82 bits per heavy atom. The summed E-state index contributed by atoms with van der Waals surface area (Å²) in [6.07, 6.45) is 6.53. The third kappa shape index (κ3) is 4.54. The largest absolute Gasteiger partial charge is 0.379 e. The first-order valence-corrected chi connectivity index (χ1v) is 9.30. The predicted octanol–water partition coefficient (Wildman–Crippen LogP) is 3.65. The molecule has 1 aliphatic heterocycles. The zero-order valence-corrected chi connectivity index (χ0v) is 14.8. The Hall–Kier alpha value is -0.420. The summed E-state index contributed by atoms with van der Waals surface area (Å²) in [4.78, 5) is 2.59. The predicted molar refractivity (Wildman–Crippen MR) is 92.2 cm³/mol. The van der Waals surface area contributed by atoms with Gasteiger partial charge in [-0.3, -0.25) is 4.90 Å². The minimum Gasteiger partial charge on any atom is -0.379 e. The molecule has 0 bridgehead atoms. The molecule has 0 amide bonds. The lowest BCUT2D eigenvalue weighted by Gasteiger charge is -2.41. The van der Waals surface area contributed by atoms with Crippen LogP contribution in [-0.2, 0) is 15.9 Å². The third-order valence-corrected chi connectivity index (χ3v) is 5.29. The van der Waals surface area contributed by atoms with Gasteiger partial charge in [0.05, 0.1) is 25.9 Å². The van der Waals surface area contributed by atoms with Gasteiger partial charge in [0, 0.05) is 23.6 Å². The average Bonchev–Trinajstić information content (AvgIpc) is 2.56. The van der Waals surface area contributed by atoms with Crippen LogP contribution in [0.1, 0.15) is 31.2 Å². The molecule has 3 nitrogen and oxygen atoms in total. The zero-order chi connectivity index (χ0) is 15.2. The van der Waals surface area contributed by atoms with Gasteiger partial charge in [-0.15, -0.1) is 0 Å². The first-order chi connectivity index (χ1) is 10.8. The highest BCUT2D eigenvalue weighted by atomic mass is 79.9. The lowest BCUT2D eigenvalue weighted by Crippen LogP contribution is -2.51. The van der Waals surface area contributed by atoms with E-state index in [1.807, 2.05) is 0 Å². The monoisotopic (exact) mass is 367 g/mol. The zero-order valence-electron chi connectivity index (χ0n) is 13.2. The van der Waals surface area contributed by atoms with E-state index in [0.29, 0.717) is 12.1 Å². The van der Waals surface area contributed by atoms with Crippen molar-refractivity contribution in [2.24, 2.45) is 0 Å². The number of morpholine rings is 1. The van der Waals surface area contributed by atoms with Crippen LogP contribution in [0.2, 0.25) is 0 Å². The molecule has 1 aromatic rings. The Morgan fingerprint density at radius 2 is 2.00 bits per heavy atom. The second kappa shape index (κ2) is 8.44. The van der Waals surface area contributed by atoms with Crippen molar-refractivity contribution >= 4 is 15.9 Å². The molecular formula is C18H26BrNO2. The second-order valence-corrected chi connectivity index (χ2v) is 7.20. The summed E-state index contributed by atoms with van der Waals surface area (Å²) < 4.78 is 12.9. The van der Waals surface area contributed by atoms with Crippen molar-refractivity contribution in [2.75, 3.05) is 32.9 Å². The molecule has 4 heteroatoms. The van der Waals surface area contributed by atoms with Gasteiger partial charge in [-0.25, -0.2) is 0 Å². The third-order valence-electron chi connectivity index (χ3n) is 4.79. The highest BCUT2D eigenvalue weighted by Gasteiger charge is 2.31. The normalized spacial score (nSPS) is 27.0. The maximum Gasteiger partial charge on any atom is 0.0730 e. The van der Waals surface area contributed by atoms with Gasteiger partial charge in [-0.2, -0.15) is 0 Å². The van der Waals surface area contributed by atoms with Crippen LogP contribution < -0.4 is 0 Å². The van der Waals surface area contributed by atoms with E-state index in [1.165, 1.54) is 31.2 Å². The van der Waals surface area contributed by atoms with Crippen LogP contribution in [0.5, 0.6) is 0 Å².